The molecule has 0 aliphatic carbocycles. The van der Waals surface area contributed by atoms with Gasteiger partial charge in [0.25, 0.3) is 0 Å². The van der Waals surface area contributed by atoms with Crippen molar-refractivity contribution in [3.05, 3.63) is 0 Å². The number of hydrogen-bond acceptors (Lipinski definition) is 4. The minimum atomic E-state index is 0.185. The summed E-state index contributed by atoms with van der Waals surface area (Å²) in [5, 5.41) is 0. The van der Waals surface area contributed by atoms with Crippen molar-refractivity contribution in [2.24, 2.45) is 5.73 Å². The Bertz CT molecular complexity index is 174. The second-order valence-corrected chi connectivity index (χ2v) is 4.29. The fraction of sp³-hybridized carbons (Fsp3) is 1.00. The molecule has 4 heteroatoms. The second kappa shape index (κ2) is 6.43. The average Bonchev–Trinajstić information content (AvgIpc) is 2.66. The van der Waals surface area contributed by atoms with Crippen molar-refractivity contribution in [3.63, 3.8) is 0 Å². The zero-order valence-electron chi connectivity index (χ0n) is 10.1. The van der Waals surface area contributed by atoms with Crippen molar-refractivity contribution in [2.45, 2.75) is 38.0 Å². The van der Waals surface area contributed by atoms with Gasteiger partial charge >= 0.3 is 0 Å². The van der Waals surface area contributed by atoms with Gasteiger partial charge in [-0.3, -0.25) is 0 Å². The van der Waals surface area contributed by atoms with E-state index in [1.54, 1.807) is 7.11 Å². The quantitative estimate of drug-likeness (QED) is 0.701. The van der Waals surface area contributed by atoms with Gasteiger partial charge in [0, 0.05) is 32.8 Å². The molecule has 1 saturated heterocycles. The Kier molecular flexibility index (Phi) is 5.53. The predicted molar refractivity (Wildman–Crippen MR) is 60.9 cm³/mol. The smallest absolute Gasteiger partial charge is 0.0705 e. The molecule has 4 nitrogen and oxygen atoms in total. The van der Waals surface area contributed by atoms with Gasteiger partial charge < -0.3 is 20.1 Å². The van der Waals surface area contributed by atoms with Crippen molar-refractivity contribution in [1.29, 1.82) is 0 Å². The maximum Gasteiger partial charge on any atom is 0.0705 e. The van der Waals surface area contributed by atoms with E-state index < -0.39 is 0 Å². The highest BCUT2D eigenvalue weighted by molar-refractivity contribution is 4.80. The maximum absolute atomic E-state index is 5.58. The molecule has 0 bridgehead atoms. The molecule has 3 atom stereocenters. The molecule has 1 aliphatic rings. The Labute approximate surface area is 92.7 Å². The number of ether oxygens (including phenoxy) is 2. The second-order valence-electron chi connectivity index (χ2n) is 4.29. The third-order valence-corrected chi connectivity index (χ3v) is 3.30. The lowest BCUT2D eigenvalue weighted by Crippen LogP contribution is -2.39. The number of nitrogens with zero attached hydrogens (tertiary/aromatic N) is 1. The highest BCUT2D eigenvalue weighted by Crippen LogP contribution is 2.18. The van der Waals surface area contributed by atoms with Gasteiger partial charge in [-0.15, -0.1) is 0 Å². The van der Waals surface area contributed by atoms with Crippen LogP contribution in [0, 0.1) is 0 Å². The van der Waals surface area contributed by atoms with E-state index in [1.165, 1.54) is 0 Å². The summed E-state index contributed by atoms with van der Waals surface area (Å²) in [6, 6.07) is 0.556. The highest BCUT2D eigenvalue weighted by atomic mass is 16.5. The van der Waals surface area contributed by atoms with Crippen LogP contribution in [0.3, 0.4) is 0 Å². The van der Waals surface area contributed by atoms with Crippen LogP contribution in [0.25, 0.3) is 0 Å². The molecule has 0 saturated carbocycles. The lowest BCUT2D eigenvalue weighted by molar-refractivity contribution is 0.0642. The summed E-state index contributed by atoms with van der Waals surface area (Å²) >= 11 is 0. The third kappa shape index (κ3) is 3.72. The van der Waals surface area contributed by atoms with Gasteiger partial charge in [0.2, 0.25) is 0 Å². The van der Waals surface area contributed by atoms with Crippen LogP contribution in [0.1, 0.15) is 19.8 Å². The van der Waals surface area contributed by atoms with E-state index in [1.807, 2.05) is 0 Å². The van der Waals surface area contributed by atoms with E-state index >= 15 is 0 Å². The number of rotatable bonds is 6. The van der Waals surface area contributed by atoms with Crippen molar-refractivity contribution in [3.8, 4) is 0 Å². The average molecular weight is 216 g/mol. The molecule has 3 unspecified atom stereocenters. The van der Waals surface area contributed by atoms with Gasteiger partial charge in [-0.05, 0) is 26.8 Å². The molecule has 15 heavy (non-hydrogen) atoms. The lowest BCUT2D eigenvalue weighted by Gasteiger charge is -2.27. The first-order valence-corrected chi connectivity index (χ1v) is 5.73. The Morgan fingerprint density at radius 3 is 2.80 bits per heavy atom. The molecule has 1 aliphatic heterocycles. The van der Waals surface area contributed by atoms with Crippen LogP contribution in [-0.4, -0.2) is 57.0 Å². The first kappa shape index (κ1) is 12.9. The fourth-order valence-electron chi connectivity index (χ4n) is 2.14. The standard InChI is InChI=1S/C11H24N2O2/c1-9-11(5-7-15-9)13(2)6-4-10(8-12)14-3/h9-11H,4-8,12H2,1-3H3. The van der Waals surface area contributed by atoms with E-state index in [9.17, 15) is 0 Å². The summed E-state index contributed by atoms with van der Waals surface area (Å²) < 4.78 is 10.8. The molecule has 0 aromatic heterocycles. The summed E-state index contributed by atoms with van der Waals surface area (Å²) in [6.45, 7) is 4.65. The molecule has 0 spiro atoms. The minimum Gasteiger partial charge on any atom is -0.380 e. The minimum absolute atomic E-state index is 0.185. The summed E-state index contributed by atoms with van der Waals surface area (Å²) in [5.41, 5.74) is 5.58. The molecule has 1 heterocycles. The molecule has 1 rings (SSSR count). The summed E-state index contributed by atoms with van der Waals surface area (Å²) in [5.74, 6) is 0. The Balaban J connectivity index is 2.25. The Hall–Kier alpha value is -0.160. The molecule has 0 amide bonds. The molecule has 0 aromatic carbocycles. The number of likely N-dealkylation sites (N-methyl/N-ethyl adjacent to an activating group) is 1. The predicted octanol–water partition coefficient (Wildman–Crippen LogP) is 0.459. The van der Waals surface area contributed by atoms with E-state index in [0.717, 1.165) is 26.0 Å². The van der Waals surface area contributed by atoms with Gasteiger partial charge in [-0.2, -0.15) is 0 Å². The van der Waals surface area contributed by atoms with E-state index in [-0.39, 0.29) is 6.10 Å². The number of methoxy groups -OCH3 is 1. The van der Waals surface area contributed by atoms with Crippen molar-refractivity contribution < 1.29 is 9.47 Å². The topological polar surface area (TPSA) is 47.7 Å². The monoisotopic (exact) mass is 216 g/mol. The number of hydrogen-bond donors (Lipinski definition) is 1. The van der Waals surface area contributed by atoms with Crippen LogP contribution in [0.4, 0.5) is 0 Å². The molecule has 0 radical (unpaired) electrons. The number of nitrogens with two attached hydrogens (primary N) is 1. The molecular weight excluding hydrogens is 192 g/mol. The molecule has 90 valence electrons. The van der Waals surface area contributed by atoms with Gasteiger partial charge in [0.05, 0.1) is 12.2 Å². The first-order chi connectivity index (χ1) is 7.19. The summed E-state index contributed by atoms with van der Waals surface area (Å²) in [7, 11) is 3.87. The van der Waals surface area contributed by atoms with Crippen LogP contribution in [-0.2, 0) is 9.47 Å². The van der Waals surface area contributed by atoms with Gasteiger partial charge in [-0.1, -0.05) is 0 Å². The van der Waals surface area contributed by atoms with Crippen LogP contribution in [0.5, 0.6) is 0 Å². The SMILES string of the molecule is COC(CN)CCN(C)C1CCOC1C. The third-order valence-electron chi connectivity index (χ3n) is 3.30. The van der Waals surface area contributed by atoms with E-state index in [2.05, 4.69) is 18.9 Å². The van der Waals surface area contributed by atoms with Crippen LogP contribution >= 0.6 is 0 Å². The molecule has 1 fully saturated rings. The summed E-state index contributed by atoms with van der Waals surface area (Å²) in [4.78, 5) is 2.36. The van der Waals surface area contributed by atoms with Crippen molar-refractivity contribution >= 4 is 0 Å². The highest BCUT2D eigenvalue weighted by Gasteiger charge is 2.27. The zero-order valence-corrected chi connectivity index (χ0v) is 10.1. The molecule has 2 N–H and O–H groups in total. The van der Waals surface area contributed by atoms with Crippen LogP contribution < -0.4 is 5.73 Å². The fourth-order valence-corrected chi connectivity index (χ4v) is 2.14. The zero-order chi connectivity index (χ0) is 11.3. The van der Waals surface area contributed by atoms with E-state index in [4.69, 9.17) is 15.2 Å². The first-order valence-electron chi connectivity index (χ1n) is 5.73. The van der Waals surface area contributed by atoms with Crippen molar-refractivity contribution in [1.82, 2.24) is 4.90 Å². The molecule has 0 aromatic rings. The van der Waals surface area contributed by atoms with Gasteiger partial charge in [0.15, 0.2) is 0 Å². The lowest BCUT2D eigenvalue weighted by atomic mass is 10.1. The summed E-state index contributed by atoms with van der Waals surface area (Å²) in [6.07, 6.45) is 2.67. The van der Waals surface area contributed by atoms with Gasteiger partial charge in [0.1, 0.15) is 0 Å². The largest absolute Gasteiger partial charge is 0.380 e. The molecular formula is C11H24N2O2. The van der Waals surface area contributed by atoms with Crippen molar-refractivity contribution in [2.75, 3.05) is 33.9 Å². The Morgan fingerprint density at radius 1 is 1.60 bits per heavy atom. The maximum atomic E-state index is 5.58. The normalized spacial score (nSPS) is 28.6. The van der Waals surface area contributed by atoms with Gasteiger partial charge in [-0.25, -0.2) is 0 Å². The van der Waals surface area contributed by atoms with E-state index in [0.29, 0.717) is 18.7 Å². The van der Waals surface area contributed by atoms with Crippen LogP contribution in [0.15, 0.2) is 0 Å². The van der Waals surface area contributed by atoms with Crippen LogP contribution in [0.2, 0.25) is 0 Å². The Morgan fingerprint density at radius 2 is 2.33 bits per heavy atom.